The van der Waals surface area contributed by atoms with Crippen LogP contribution in [0.4, 0.5) is 0 Å². The summed E-state index contributed by atoms with van der Waals surface area (Å²) in [5.74, 6) is 1.88. The van der Waals surface area contributed by atoms with Gasteiger partial charge in [0.1, 0.15) is 0 Å². The van der Waals surface area contributed by atoms with Crippen LogP contribution in [-0.2, 0) is 5.41 Å². The van der Waals surface area contributed by atoms with Gasteiger partial charge < -0.3 is 0 Å². The molecule has 4 heteroatoms. The average Bonchev–Trinajstić information content (AvgIpc) is 3.89. The molecule has 0 N–H and O–H groups in total. The van der Waals surface area contributed by atoms with Crippen LogP contribution in [-0.4, -0.2) is 15.0 Å². The Hall–Kier alpha value is -7.79. The Kier molecular flexibility index (Phi) is 8.58. The van der Waals surface area contributed by atoms with Crippen LogP contribution < -0.4 is 0 Å². The third kappa shape index (κ3) is 5.68. The molecule has 1 aliphatic carbocycles. The number of hydrogen-bond acceptors (Lipinski definition) is 4. The molecule has 0 aliphatic heterocycles. The molecule has 9 aromatic carbocycles. The van der Waals surface area contributed by atoms with E-state index in [1.54, 1.807) is 0 Å². The number of fused-ring (bicyclic) bond motifs is 6. The van der Waals surface area contributed by atoms with Gasteiger partial charge in [-0.25, -0.2) is 15.0 Å². The molecule has 2 heterocycles. The van der Waals surface area contributed by atoms with E-state index in [9.17, 15) is 0 Å². The maximum absolute atomic E-state index is 5.46. The predicted octanol–water partition coefficient (Wildman–Crippen LogP) is 14.9. The fourth-order valence-electron chi connectivity index (χ4n) is 9.77. The number of hydrogen-bond donors (Lipinski definition) is 0. The van der Waals surface area contributed by atoms with Gasteiger partial charge in [-0.15, -0.1) is 11.3 Å². The van der Waals surface area contributed by atoms with E-state index < -0.39 is 5.41 Å². The van der Waals surface area contributed by atoms with Crippen LogP contribution in [0.5, 0.6) is 0 Å². The van der Waals surface area contributed by atoms with Gasteiger partial charge in [-0.05, 0) is 67.8 Å². The van der Waals surface area contributed by atoms with Gasteiger partial charge in [-0.2, -0.15) is 0 Å². The third-order valence-corrected chi connectivity index (χ3v) is 13.7. The van der Waals surface area contributed by atoms with Crippen molar-refractivity contribution >= 4 is 31.5 Å². The normalized spacial score (nSPS) is 12.6. The lowest BCUT2D eigenvalue weighted by molar-refractivity contribution is 0.768. The Labute approximate surface area is 364 Å². The second-order valence-electron chi connectivity index (χ2n) is 15.8. The molecule has 290 valence electrons. The van der Waals surface area contributed by atoms with E-state index in [1.165, 1.54) is 53.6 Å². The highest BCUT2D eigenvalue weighted by molar-refractivity contribution is 7.26. The van der Waals surface area contributed by atoms with Gasteiger partial charge in [0.2, 0.25) is 0 Å². The summed E-state index contributed by atoms with van der Waals surface area (Å²) < 4.78 is 2.56. The summed E-state index contributed by atoms with van der Waals surface area (Å²) in [4.78, 5) is 16.3. The molecule has 0 spiro atoms. The molecule has 0 unspecified atom stereocenters. The fourth-order valence-corrected chi connectivity index (χ4v) is 11.0. The van der Waals surface area contributed by atoms with Crippen LogP contribution in [0.1, 0.15) is 22.3 Å². The van der Waals surface area contributed by atoms with Crippen molar-refractivity contribution in [3.63, 3.8) is 0 Å². The van der Waals surface area contributed by atoms with Crippen LogP contribution in [0.2, 0.25) is 0 Å². The SMILES string of the molecule is c1ccc(-c2ccccc2-c2nc(-c3cccc(-c4cccc5c4sc4ccccc45)c3)nc(-c3cccc4c3-c3ccccc3C4(c3ccccc3)c3ccccc3)n2)cc1. The summed E-state index contributed by atoms with van der Waals surface area (Å²) in [6.45, 7) is 0. The fraction of sp³-hybridized carbons (Fsp3) is 0.0172. The molecule has 0 fully saturated rings. The molecule has 0 saturated heterocycles. The molecule has 12 rings (SSSR count). The van der Waals surface area contributed by atoms with Crippen LogP contribution in [0.3, 0.4) is 0 Å². The largest absolute Gasteiger partial charge is 0.208 e. The summed E-state index contributed by atoms with van der Waals surface area (Å²) >= 11 is 1.84. The van der Waals surface area contributed by atoms with E-state index in [1.807, 2.05) is 11.3 Å². The van der Waals surface area contributed by atoms with E-state index in [-0.39, 0.29) is 0 Å². The Morgan fingerprint density at radius 3 is 1.60 bits per heavy atom. The zero-order valence-electron chi connectivity index (χ0n) is 33.6. The first-order valence-corrected chi connectivity index (χ1v) is 21.8. The van der Waals surface area contributed by atoms with Crippen LogP contribution in [0, 0.1) is 0 Å². The first-order chi connectivity index (χ1) is 30.8. The molecular weight excluding hydrogens is 771 g/mol. The van der Waals surface area contributed by atoms with Crippen LogP contribution >= 0.6 is 11.3 Å². The van der Waals surface area contributed by atoms with Crippen LogP contribution in [0.25, 0.3) is 87.7 Å². The molecule has 0 radical (unpaired) electrons. The minimum Gasteiger partial charge on any atom is -0.208 e. The van der Waals surface area contributed by atoms with Crippen molar-refractivity contribution < 1.29 is 0 Å². The highest BCUT2D eigenvalue weighted by Crippen LogP contribution is 2.58. The highest BCUT2D eigenvalue weighted by atomic mass is 32.1. The van der Waals surface area contributed by atoms with Gasteiger partial charge in [0.05, 0.1) is 5.41 Å². The molecule has 0 amide bonds. The number of aromatic nitrogens is 3. The summed E-state index contributed by atoms with van der Waals surface area (Å²) in [5, 5.41) is 2.56. The third-order valence-electron chi connectivity index (χ3n) is 12.4. The number of rotatable bonds is 7. The van der Waals surface area contributed by atoms with Crippen molar-refractivity contribution in [1.82, 2.24) is 15.0 Å². The number of thiophene rings is 1. The number of benzene rings is 9. The van der Waals surface area contributed by atoms with Gasteiger partial charge in [0.15, 0.2) is 17.5 Å². The van der Waals surface area contributed by atoms with Crippen LogP contribution in [0.15, 0.2) is 224 Å². The average molecular weight is 808 g/mol. The Morgan fingerprint density at radius 2 is 0.823 bits per heavy atom. The van der Waals surface area contributed by atoms with Crippen molar-refractivity contribution in [2.75, 3.05) is 0 Å². The minimum atomic E-state index is -0.551. The molecule has 0 bridgehead atoms. The van der Waals surface area contributed by atoms with Crippen molar-refractivity contribution in [3.8, 4) is 67.5 Å². The summed E-state index contributed by atoms with van der Waals surface area (Å²) in [6, 6.07) is 80.3. The van der Waals surface area contributed by atoms with E-state index in [0.29, 0.717) is 17.5 Å². The zero-order chi connectivity index (χ0) is 41.0. The van der Waals surface area contributed by atoms with Gasteiger partial charge >= 0.3 is 0 Å². The number of nitrogens with zero attached hydrogens (tertiary/aromatic N) is 3. The van der Waals surface area contributed by atoms with E-state index in [2.05, 4.69) is 224 Å². The van der Waals surface area contributed by atoms with Crippen molar-refractivity contribution in [2.24, 2.45) is 0 Å². The van der Waals surface area contributed by atoms with Gasteiger partial charge in [0, 0.05) is 36.9 Å². The van der Waals surface area contributed by atoms with E-state index >= 15 is 0 Å². The second-order valence-corrected chi connectivity index (χ2v) is 16.9. The first kappa shape index (κ1) is 36.1. The Bertz CT molecular complexity index is 3430. The van der Waals surface area contributed by atoms with E-state index in [4.69, 9.17) is 15.0 Å². The smallest absolute Gasteiger partial charge is 0.164 e. The van der Waals surface area contributed by atoms with Crippen molar-refractivity contribution in [3.05, 3.63) is 247 Å². The standard InChI is InChI=1S/C58H37N3S/c1-4-19-38(20-5-1)43-27-10-11-29-47(43)56-59-55(40-22-16-21-39(37-40)44-31-17-32-46-45-28-13-15-36-52(45)62-54(44)46)60-57(61-56)49-33-18-35-51-53(49)48-30-12-14-34-50(48)58(51,41-23-6-2-7-24-41)42-25-8-3-9-26-42/h1-37H. The maximum atomic E-state index is 5.46. The van der Waals surface area contributed by atoms with Gasteiger partial charge in [-0.3, -0.25) is 0 Å². The predicted molar refractivity (Wildman–Crippen MR) is 257 cm³/mol. The quantitative estimate of drug-likeness (QED) is 0.161. The maximum Gasteiger partial charge on any atom is 0.164 e. The summed E-state index contributed by atoms with van der Waals surface area (Å²) in [7, 11) is 0. The van der Waals surface area contributed by atoms with Crippen molar-refractivity contribution in [1.29, 1.82) is 0 Å². The lowest BCUT2D eigenvalue weighted by Gasteiger charge is -2.33. The summed E-state index contributed by atoms with van der Waals surface area (Å²) in [6.07, 6.45) is 0. The first-order valence-electron chi connectivity index (χ1n) is 21.0. The Balaban J connectivity index is 1.11. The van der Waals surface area contributed by atoms with E-state index in [0.717, 1.165) is 38.9 Å². The molecule has 3 nitrogen and oxygen atoms in total. The lowest BCUT2D eigenvalue weighted by atomic mass is 9.67. The van der Waals surface area contributed by atoms with Gasteiger partial charge in [-0.1, -0.05) is 212 Å². The molecular formula is C58H37N3S. The van der Waals surface area contributed by atoms with Crippen molar-refractivity contribution in [2.45, 2.75) is 5.41 Å². The molecule has 1 aliphatic rings. The zero-order valence-corrected chi connectivity index (χ0v) is 34.4. The highest BCUT2D eigenvalue weighted by Gasteiger charge is 2.47. The topological polar surface area (TPSA) is 38.7 Å². The Morgan fingerprint density at radius 1 is 0.323 bits per heavy atom. The molecule has 0 atom stereocenters. The second kappa shape index (κ2) is 14.7. The monoisotopic (exact) mass is 807 g/mol. The summed E-state index contributed by atoms with van der Waals surface area (Å²) in [5.41, 5.74) is 14.0. The molecule has 11 aromatic rings. The minimum absolute atomic E-state index is 0.551. The van der Waals surface area contributed by atoms with Gasteiger partial charge in [0.25, 0.3) is 0 Å². The molecule has 0 saturated carbocycles. The lowest BCUT2D eigenvalue weighted by Crippen LogP contribution is -2.28. The molecule has 2 aromatic heterocycles. The molecule has 62 heavy (non-hydrogen) atoms.